The molecule has 0 saturated heterocycles. The quantitative estimate of drug-likeness (QED) is 0.794. The SMILES string of the molecule is NS(=O)(=O)c1ccc(C(F)(F)F)s1. The van der Waals surface area contributed by atoms with E-state index in [-0.39, 0.29) is 11.3 Å². The first kappa shape index (κ1) is 10.5. The lowest BCUT2D eigenvalue weighted by molar-refractivity contribution is -0.134. The van der Waals surface area contributed by atoms with Crippen molar-refractivity contribution in [2.75, 3.05) is 0 Å². The van der Waals surface area contributed by atoms with Crippen LogP contribution in [0, 0.1) is 0 Å². The Morgan fingerprint density at radius 3 is 2.08 bits per heavy atom. The van der Waals surface area contributed by atoms with Crippen LogP contribution in [-0.4, -0.2) is 8.42 Å². The highest BCUT2D eigenvalue weighted by atomic mass is 32.2. The fourth-order valence-corrected chi connectivity index (χ4v) is 2.22. The zero-order valence-electron chi connectivity index (χ0n) is 6.00. The summed E-state index contributed by atoms with van der Waals surface area (Å²) >= 11 is 0.109. The Labute approximate surface area is 76.0 Å². The van der Waals surface area contributed by atoms with Crippen LogP contribution in [0.5, 0.6) is 0 Å². The maximum Gasteiger partial charge on any atom is 0.425 e. The van der Waals surface area contributed by atoms with Crippen molar-refractivity contribution in [3.63, 3.8) is 0 Å². The fraction of sp³-hybridized carbons (Fsp3) is 0.200. The van der Waals surface area contributed by atoms with Crippen LogP contribution >= 0.6 is 11.3 Å². The molecule has 1 heterocycles. The molecule has 0 radical (unpaired) electrons. The van der Waals surface area contributed by atoms with Gasteiger partial charge >= 0.3 is 6.18 Å². The Bertz CT molecular complexity index is 406. The molecule has 0 aliphatic carbocycles. The van der Waals surface area contributed by atoms with Gasteiger partial charge in [-0.15, -0.1) is 11.3 Å². The fourth-order valence-electron chi connectivity index (χ4n) is 0.625. The maximum atomic E-state index is 12.0. The third kappa shape index (κ3) is 2.42. The lowest BCUT2D eigenvalue weighted by Crippen LogP contribution is -2.10. The molecule has 0 bridgehead atoms. The van der Waals surface area contributed by atoms with Gasteiger partial charge in [-0.25, -0.2) is 13.6 Å². The molecule has 74 valence electrons. The van der Waals surface area contributed by atoms with Gasteiger partial charge in [0.2, 0.25) is 10.0 Å². The predicted octanol–water partition coefficient (Wildman–Crippen LogP) is 1.41. The van der Waals surface area contributed by atoms with Crippen LogP contribution in [-0.2, 0) is 16.2 Å². The topological polar surface area (TPSA) is 60.2 Å². The first-order chi connectivity index (χ1) is 5.71. The highest BCUT2D eigenvalue weighted by molar-refractivity contribution is 7.91. The summed E-state index contributed by atoms with van der Waals surface area (Å²) in [5.41, 5.74) is 0. The Morgan fingerprint density at radius 1 is 1.31 bits per heavy atom. The molecule has 0 aliphatic heterocycles. The van der Waals surface area contributed by atoms with Gasteiger partial charge in [-0.2, -0.15) is 13.2 Å². The lowest BCUT2D eigenvalue weighted by Gasteiger charge is -2.00. The van der Waals surface area contributed by atoms with Gasteiger partial charge in [0.1, 0.15) is 9.09 Å². The molecule has 1 aromatic heterocycles. The average molecular weight is 231 g/mol. The molecule has 0 amide bonds. The highest BCUT2D eigenvalue weighted by Crippen LogP contribution is 2.35. The van der Waals surface area contributed by atoms with Gasteiger partial charge in [-0.1, -0.05) is 0 Å². The Hall–Kier alpha value is -0.600. The van der Waals surface area contributed by atoms with Crippen LogP contribution in [0.2, 0.25) is 0 Å². The summed E-state index contributed by atoms with van der Waals surface area (Å²) in [4.78, 5) is -0.975. The summed E-state index contributed by atoms with van der Waals surface area (Å²) in [5.74, 6) is 0. The van der Waals surface area contributed by atoms with Crippen molar-refractivity contribution in [3.8, 4) is 0 Å². The van der Waals surface area contributed by atoms with Crippen molar-refractivity contribution in [2.45, 2.75) is 10.4 Å². The van der Waals surface area contributed by atoms with Crippen LogP contribution < -0.4 is 5.14 Å². The van der Waals surface area contributed by atoms with Gasteiger partial charge in [0.15, 0.2) is 0 Å². The van der Waals surface area contributed by atoms with E-state index in [0.717, 1.165) is 6.07 Å². The molecule has 1 rings (SSSR count). The molecule has 0 atom stereocenters. The third-order valence-corrected chi connectivity index (χ3v) is 3.71. The first-order valence-corrected chi connectivity index (χ1v) is 5.27. The monoisotopic (exact) mass is 231 g/mol. The van der Waals surface area contributed by atoms with Crippen molar-refractivity contribution in [3.05, 3.63) is 17.0 Å². The minimum absolute atomic E-state index is 0.109. The Morgan fingerprint density at radius 2 is 1.85 bits per heavy atom. The summed E-state index contributed by atoms with van der Waals surface area (Å²) in [6.07, 6.45) is -4.52. The predicted molar refractivity (Wildman–Crippen MR) is 40.7 cm³/mol. The van der Waals surface area contributed by atoms with Gasteiger partial charge in [0, 0.05) is 0 Å². The number of alkyl halides is 3. The molecule has 0 fully saturated rings. The number of thiophene rings is 1. The van der Waals surface area contributed by atoms with Crippen molar-refractivity contribution < 1.29 is 21.6 Å². The second-order valence-corrected chi connectivity index (χ2v) is 5.03. The van der Waals surface area contributed by atoms with E-state index < -0.39 is 25.3 Å². The first-order valence-electron chi connectivity index (χ1n) is 2.91. The number of halogens is 3. The number of primary sulfonamides is 1. The molecule has 8 heteroatoms. The molecule has 0 aromatic carbocycles. The van der Waals surface area contributed by atoms with Crippen LogP contribution in [0.4, 0.5) is 13.2 Å². The molecule has 2 N–H and O–H groups in total. The summed E-state index contributed by atoms with van der Waals surface area (Å²) in [6.45, 7) is 0. The number of hydrogen-bond donors (Lipinski definition) is 1. The second kappa shape index (κ2) is 2.96. The van der Waals surface area contributed by atoms with E-state index in [9.17, 15) is 21.6 Å². The largest absolute Gasteiger partial charge is 0.425 e. The van der Waals surface area contributed by atoms with Gasteiger partial charge in [0.25, 0.3) is 0 Å². The van der Waals surface area contributed by atoms with Crippen LogP contribution in [0.1, 0.15) is 4.88 Å². The van der Waals surface area contributed by atoms with Crippen molar-refractivity contribution in [1.29, 1.82) is 0 Å². The van der Waals surface area contributed by atoms with E-state index in [1.165, 1.54) is 0 Å². The third-order valence-electron chi connectivity index (χ3n) is 1.14. The average Bonchev–Trinajstić information content (AvgIpc) is 2.28. The van der Waals surface area contributed by atoms with Crippen LogP contribution in [0.15, 0.2) is 16.3 Å². The van der Waals surface area contributed by atoms with Crippen LogP contribution in [0.25, 0.3) is 0 Å². The smallest absolute Gasteiger partial charge is 0.224 e. The summed E-state index contributed by atoms with van der Waals surface area (Å²) in [7, 11) is -4.02. The standard InChI is InChI=1S/C5H4F3NO2S2/c6-5(7,8)3-1-2-4(12-3)13(9,10)11/h1-2H,(H2,9,10,11). The summed E-state index contributed by atoms with van der Waals surface area (Å²) in [6, 6.07) is 1.52. The van der Waals surface area contributed by atoms with Gasteiger partial charge in [0.05, 0.1) is 0 Å². The minimum Gasteiger partial charge on any atom is -0.224 e. The normalized spacial score (nSPS) is 13.2. The number of rotatable bonds is 1. The zero-order valence-corrected chi connectivity index (χ0v) is 7.63. The second-order valence-electron chi connectivity index (χ2n) is 2.16. The molecular formula is C5H4F3NO2S2. The molecule has 0 saturated carbocycles. The minimum atomic E-state index is -4.52. The van der Waals surface area contributed by atoms with Gasteiger partial charge in [-0.3, -0.25) is 0 Å². The summed E-state index contributed by atoms with van der Waals surface area (Å²) < 4.78 is 56.6. The Balaban J connectivity index is 3.16. The van der Waals surface area contributed by atoms with E-state index in [1.54, 1.807) is 0 Å². The van der Waals surface area contributed by atoms with E-state index in [2.05, 4.69) is 5.14 Å². The summed E-state index contributed by atoms with van der Waals surface area (Å²) in [5, 5.41) is 4.63. The lowest BCUT2D eigenvalue weighted by atomic mass is 10.5. The van der Waals surface area contributed by atoms with Crippen molar-refractivity contribution >= 4 is 21.4 Å². The molecule has 0 spiro atoms. The number of nitrogens with two attached hydrogens (primary N) is 1. The maximum absolute atomic E-state index is 12.0. The molecule has 3 nitrogen and oxygen atoms in total. The number of hydrogen-bond acceptors (Lipinski definition) is 3. The highest BCUT2D eigenvalue weighted by Gasteiger charge is 2.33. The van der Waals surface area contributed by atoms with Crippen molar-refractivity contribution in [2.24, 2.45) is 5.14 Å². The van der Waals surface area contributed by atoms with Gasteiger partial charge < -0.3 is 0 Å². The molecule has 1 aromatic rings. The van der Waals surface area contributed by atoms with E-state index in [0.29, 0.717) is 6.07 Å². The van der Waals surface area contributed by atoms with E-state index in [4.69, 9.17) is 0 Å². The molecule has 0 aliphatic rings. The van der Waals surface area contributed by atoms with Gasteiger partial charge in [-0.05, 0) is 12.1 Å². The zero-order chi connectivity index (χ0) is 10.3. The van der Waals surface area contributed by atoms with Crippen molar-refractivity contribution in [1.82, 2.24) is 0 Å². The molecule has 13 heavy (non-hydrogen) atoms. The molecule has 0 unspecified atom stereocenters. The van der Waals surface area contributed by atoms with Crippen LogP contribution in [0.3, 0.4) is 0 Å². The van der Waals surface area contributed by atoms with E-state index in [1.807, 2.05) is 0 Å². The van der Waals surface area contributed by atoms with E-state index >= 15 is 0 Å². The number of sulfonamides is 1. The Kier molecular flexibility index (Phi) is 2.39. The molecular weight excluding hydrogens is 227 g/mol.